The molecule has 15 heavy (non-hydrogen) atoms. The number of nitrogens with one attached hydrogen (secondary N) is 1. The Kier molecular flexibility index (Phi) is 3.10. The zero-order valence-corrected chi connectivity index (χ0v) is 9.19. The van der Waals surface area contributed by atoms with Gasteiger partial charge in [0.25, 0.3) is 0 Å². The Morgan fingerprint density at radius 1 is 1.40 bits per heavy atom. The lowest BCUT2D eigenvalue weighted by Gasteiger charge is -2.25. The fraction of sp³-hybridized carbons (Fsp3) is 0.222. The molecule has 0 unspecified atom stereocenters. The lowest BCUT2D eigenvalue weighted by Crippen LogP contribution is -2.44. The highest BCUT2D eigenvalue weighted by Gasteiger charge is 2.25. The van der Waals surface area contributed by atoms with Gasteiger partial charge in [0, 0.05) is 5.28 Å². The molecule has 0 saturated heterocycles. The molecule has 80 valence electrons. The summed E-state index contributed by atoms with van der Waals surface area (Å²) < 4.78 is 0. The predicted molar refractivity (Wildman–Crippen MR) is 61.9 cm³/mol. The van der Waals surface area contributed by atoms with Crippen LogP contribution in [0.5, 0.6) is 0 Å². The molecule has 0 amide bonds. The lowest BCUT2D eigenvalue weighted by atomic mass is 10.3. The quantitative estimate of drug-likeness (QED) is 0.761. The van der Waals surface area contributed by atoms with Gasteiger partial charge in [-0.05, 0) is 19.1 Å². The minimum absolute atomic E-state index is 0.537. The molecule has 1 N–H and O–H groups in total. The van der Waals surface area contributed by atoms with Crippen molar-refractivity contribution in [1.29, 1.82) is 0 Å². The highest BCUT2D eigenvalue weighted by Crippen LogP contribution is 2.19. The molecular weight excluding hydrogens is 212 g/mol. The third-order valence-corrected chi connectivity index (χ3v) is 2.15. The summed E-state index contributed by atoms with van der Waals surface area (Å²) in [5.74, 6) is 0. The number of hydrogen-bond donors (Lipinski definition) is 2. The molecule has 5 nitrogen and oxygen atoms in total. The van der Waals surface area contributed by atoms with Gasteiger partial charge in [-0.1, -0.05) is 18.2 Å². The molecular formula is C9H12N4OS. The second-order valence-corrected chi connectivity index (χ2v) is 3.25. The minimum Gasteiger partial charge on any atom is -0.260 e. The van der Waals surface area contributed by atoms with Crippen LogP contribution in [0.1, 0.15) is 6.92 Å². The van der Waals surface area contributed by atoms with Crippen LogP contribution in [0.4, 0.5) is 5.69 Å². The van der Waals surface area contributed by atoms with Crippen molar-refractivity contribution >= 4 is 23.5 Å². The van der Waals surface area contributed by atoms with Crippen LogP contribution in [0.2, 0.25) is 0 Å². The van der Waals surface area contributed by atoms with Gasteiger partial charge < -0.3 is 0 Å². The Morgan fingerprint density at radius 3 is 2.80 bits per heavy atom. The van der Waals surface area contributed by atoms with Crippen molar-refractivity contribution in [1.82, 2.24) is 10.8 Å². The molecule has 0 radical (unpaired) electrons. The van der Waals surface area contributed by atoms with E-state index in [1.165, 1.54) is 5.28 Å². The number of hydrazone groups is 1. The van der Waals surface area contributed by atoms with Crippen molar-refractivity contribution in [2.45, 2.75) is 6.92 Å². The number of nitrogens with zero attached hydrogens (tertiary/aromatic N) is 3. The van der Waals surface area contributed by atoms with Gasteiger partial charge in [0.1, 0.15) is 0 Å². The predicted octanol–water partition coefficient (Wildman–Crippen LogP) is 1.38. The van der Waals surface area contributed by atoms with Crippen molar-refractivity contribution in [3.63, 3.8) is 0 Å². The molecule has 6 heteroatoms. The third-order valence-electron chi connectivity index (χ3n) is 1.86. The largest absolute Gasteiger partial charge is 0.260 e. The van der Waals surface area contributed by atoms with Gasteiger partial charge in [0.05, 0.1) is 12.3 Å². The normalized spacial score (nSPS) is 16.4. The van der Waals surface area contributed by atoms with Crippen molar-refractivity contribution in [2.24, 2.45) is 5.10 Å². The molecule has 0 atom stereocenters. The minimum atomic E-state index is 0.537. The summed E-state index contributed by atoms with van der Waals surface area (Å²) in [5, 5.41) is 7.66. The molecule has 0 spiro atoms. The highest BCUT2D eigenvalue weighted by molar-refractivity contribution is 7.97. The molecule has 0 aliphatic carbocycles. The van der Waals surface area contributed by atoms with Crippen molar-refractivity contribution < 1.29 is 4.84 Å². The van der Waals surface area contributed by atoms with Crippen LogP contribution in [0.15, 0.2) is 35.4 Å². The lowest BCUT2D eigenvalue weighted by molar-refractivity contribution is -0.182. The summed E-state index contributed by atoms with van der Waals surface area (Å²) in [6, 6.07) is 9.74. The van der Waals surface area contributed by atoms with Gasteiger partial charge >= 0.3 is 0 Å². The smallest absolute Gasteiger partial charge is 0.204 e. The summed E-state index contributed by atoms with van der Waals surface area (Å²) >= 11 is 4.24. The van der Waals surface area contributed by atoms with Crippen LogP contribution in [0, 0.1) is 0 Å². The number of thiol groups is 1. The van der Waals surface area contributed by atoms with Crippen molar-refractivity contribution in [3.05, 3.63) is 30.3 Å². The van der Waals surface area contributed by atoms with Gasteiger partial charge in [0.15, 0.2) is 0 Å². The number of hydrazine groups is 2. The SMILES string of the molecule is CCON1NN=C(S)N1c1ccccc1. The standard InChI is InChI=1S/C9H12N4OS/c1-2-14-13-11-10-9(15)12(13)8-6-4-3-5-7-8/h3-7,11H,2H2,1H3,(H,10,15). The maximum absolute atomic E-state index is 5.32. The van der Waals surface area contributed by atoms with Crippen LogP contribution in [-0.4, -0.2) is 17.1 Å². The van der Waals surface area contributed by atoms with Gasteiger partial charge in [-0.3, -0.25) is 4.84 Å². The van der Waals surface area contributed by atoms with E-state index < -0.39 is 0 Å². The van der Waals surface area contributed by atoms with E-state index in [0.29, 0.717) is 11.8 Å². The van der Waals surface area contributed by atoms with Gasteiger partial charge in [-0.2, -0.15) is 5.53 Å². The molecule has 0 aromatic heterocycles. The van der Waals surface area contributed by atoms with Gasteiger partial charge in [-0.15, -0.1) is 17.7 Å². The first-order valence-corrected chi connectivity index (χ1v) is 5.08. The second kappa shape index (κ2) is 4.52. The van der Waals surface area contributed by atoms with E-state index in [2.05, 4.69) is 23.3 Å². The first-order valence-electron chi connectivity index (χ1n) is 4.63. The van der Waals surface area contributed by atoms with E-state index in [1.807, 2.05) is 37.3 Å². The number of anilines is 1. The summed E-state index contributed by atoms with van der Waals surface area (Å²) in [5.41, 5.74) is 3.64. The third kappa shape index (κ3) is 2.06. The van der Waals surface area contributed by atoms with E-state index in [-0.39, 0.29) is 0 Å². The number of para-hydroxylation sites is 1. The Morgan fingerprint density at radius 2 is 2.13 bits per heavy atom. The molecule has 2 rings (SSSR count). The van der Waals surface area contributed by atoms with E-state index in [1.54, 1.807) is 5.01 Å². The number of hydrogen-bond acceptors (Lipinski definition) is 5. The van der Waals surface area contributed by atoms with Crippen LogP contribution in [0.25, 0.3) is 0 Å². The first-order chi connectivity index (χ1) is 7.33. The van der Waals surface area contributed by atoms with Crippen molar-refractivity contribution in [3.8, 4) is 0 Å². The first kappa shape index (κ1) is 10.3. The molecule has 0 fully saturated rings. The van der Waals surface area contributed by atoms with Crippen LogP contribution in [-0.2, 0) is 4.84 Å². The Hall–Kier alpha value is -1.24. The Bertz CT molecular complexity index is 356. The van der Waals surface area contributed by atoms with E-state index >= 15 is 0 Å². The topological polar surface area (TPSA) is 40.1 Å². The molecule has 1 heterocycles. The summed E-state index contributed by atoms with van der Waals surface area (Å²) in [6.07, 6.45) is 0. The monoisotopic (exact) mass is 224 g/mol. The number of amidine groups is 1. The zero-order valence-electron chi connectivity index (χ0n) is 8.29. The fourth-order valence-corrected chi connectivity index (χ4v) is 1.50. The van der Waals surface area contributed by atoms with E-state index in [9.17, 15) is 0 Å². The van der Waals surface area contributed by atoms with Crippen LogP contribution < -0.4 is 10.5 Å². The second-order valence-electron chi connectivity index (χ2n) is 2.85. The highest BCUT2D eigenvalue weighted by atomic mass is 32.1. The molecule has 1 aliphatic heterocycles. The van der Waals surface area contributed by atoms with Crippen LogP contribution >= 0.6 is 12.6 Å². The summed E-state index contributed by atoms with van der Waals surface area (Å²) in [6.45, 7) is 2.45. The maximum Gasteiger partial charge on any atom is 0.204 e. The Labute approximate surface area is 93.6 Å². The molecule has 1 aromatic carbocycles. The maximum atomic E-state index is 5.32. The number of benzene rings is 1. The molecule has 0 saturated carbocycles. The number of rotatable bonds is 3. The van der Waals surface area contributed by atoms with Crippen LogP contribution in [0.3, 0.4) is 0 Å². The average Bonchev–Trinajstić information content (AvgIpc) is 2.62. The van der Waals surface area contributed by atoms with Gasteiger partial charge in [-0.25, -0.2) is 5.01 Å². The van der Waals surface area contributed by atoms with E-state index in [4.69, 9.17) is 4.84 Å². The average molecular weight is 224 g/mol. The van der Waals surface area contributed by atoms with E-state index in [0.717, 1.165) is 5.69 Å². The summed E-state index contributed by atoms with van der Waals surface area (Å²) in [7, 11) is 0. The van der Waals surface area contributed by atoms with Crippen molar-refractivity contribution in [2.75, 3.05) is 11.6 Å². The Balaban J connectivity index is 2.22. The van der Waals surface area contributed by atoms with Gasteiger partial charge in [0.2, 0.25) is 5.17 Å². The fourth-order valence-electron chi connectivity index (χ4n) is 1.26. The molecule has 1 aliphatic rings. The molecule has 1 aromatic rings. The molecule has 0 bridgehead atoms. The zero-order chi connectivity index (χ0) is 10.7. The summed E-state index contributed by atoms with van der Waals surface area (Å²) in [4.78, 5) is 5.32.